The number of halogens is 2. The van der Waals surface area contributed by atoms with Crippen LogP contribution in [0.1, 0.15) is 26.2 Å². The number of carbonyl (C=O) groups is 1. The summed E-state index contributed by atoms with van der Waals surface area (Å²) < 4.78 is 59.9. The van der Waals surface area contributed by atoms with Gasteiger partial charge in [0.05, 0.1) is 5.92 Å². The van der Waals surface area contributed by atoms with Crippen molar-refractivity contribution in [2.75, 3.05) is 0 Å². The maximum Gasteiger partial charge on any atom is 0.405 e. The monoisotopic (exact) mass is 284 g/mol. The number of allylic oxidation sites excluding steroid dienone is 2. The van der Waals surface area contributed by atoms with Crippen LogP contribution in [0.4, 0.5) is 8.78 Å². The maximum absolute atomic E-state index is 13.1. The summed E-state index contributed by atoms with van der Waals surface area (Å²) in [5, 5.41) is -4.51. The molecule has 0 saturated heterocycles. The van der Waals surface area contributed by atoms with Crippen molar-refractivity contribution >= 4 is 16.1 Å². The third-order valence-corrected chi connectivity index (χ3v) is 3.73. The molecule has 0 heterocycles. The van der Waals surface area contributed by atoms with E-state index in [2.05, 4.69) is 4.74 Å². The molecule has 2 atom stereocenters. The molecule has 0 aromatic heterocycles. The number of carbonyl (C=O) groups excluding carboxylic acids is 1. The number of alkyl halides is 2. The minimum atomic E-state index is -5.60. The minimum Gasteiger partial charge on any atom is -0.455 e. The molecule has 1 N–H and O–H groups in total. The van der Waals surface area contributed by atoms with Crippen molar-refractivity contribution in [2.24, 2.45) is 5.92 Å². The predicted molar refractivity (Wildman–Crippen MR) is 58.5 cm³/mol. The van der Waals surface area contributed by atoms with E-state index >= 15 is 0 Å². The summed E-state index contributed by atoms with van der Waals surface area (Å²) in [7, 11) is -5.60. The van der Waals surface area contributed by atoms with Crippen LogP contribution < -0.4 is 0 Å². The summed E-state index contributed by atoms with van der Waals surface area (Å²) >= 11 is 0. The normalized spacial score (nSPS) is 22.6. The van der Waals surface area contributed by atoms with E-state index in [1.807, 2.05) is 6.08 Å². The molecule has 104 valence electrons. The van der Waals surface area contributed by atoms with E-state index in [0.717, 1.165) is 6.92 Å². The van der Waals surface area contributed by atoms with E-state index in [-0.39, 0.29) is 0 Å². The molecule has 0 saturated carbocycles. The van der Waals surface area contributed by atoms with Gasteiger partial charge in [-0.15, -0.1) is 0 Å². The van der Waals surface area contributed by atoms with Gasteiger partial charge in [-0.3, -0.25) is 9.35 Å². The van der Waals surface area contributed by atoms with Crippen molar-refractivity contribution in [1.29, 1.82) is 0 Å². The second-order valence-electron chi connectivity index (χ2n) is 4.10. The van der Waals surface area contributed by atoms with Gasteiger partial charge in [-0.25, -0.2) is 0 Å². The molecular weight excluding hydrogens is 270 g/mol. The number of ether oxygens (including phenoxy) is 1. The van der Waals surface area contributed by atoms with Gasteiger partial charge in [0.15, 0.2) is 6.10 Å². The Hall–Kier alpha value is -1.02. The molecule has 18 heavy (non-hydrogen) atoms. The second kappa shape index (κ2) is 5.31. The Morgan fingerprint density at radius 1 is 1.50 bits per heavy atom. The molecule has 0 aromatic rings. The molecule has 0 radical (unpaired) electrons. The van der Waals surface area contributed by atoms with Gasteiger partial charge in [-0.2, -0.15) is 17.2 Å². The van der Waals surface area contributed by atoms with Crippen molar-refractivity contribution in [3.63, 3.8) is 0 Å². The molecule has 0 amide bonds. The Bertz CT molecular complexity index is 443. The zero-order chi connectivity index (χ0) is 14.0. The van der Waals surface area contributed by atoms with E-state index in [1.54, 1.807) is 6.08 Å². The highest BCUT2D eigenvalue weighted by Gasteiger charge is 2.52. The summed E-state index contributed by atoms with van der Waals surface area (Å²) in [6.07, 6.45) is 2.86. The Morgan fingerprint density at radius 2 is 2.11 bits per heavy atom. The summed E-state index contributed by atoms with van der Waals surface area (Å²) in [6, 6.07) is 0. The lowest BCUT2D eigenvalue weighted by molar-refractivity contribution is -0.164. The predicted octanol–water partition coefficient (Wildman–Crippen LogP) is 1.76. The molecule has 8 heteroatoms. The first kappa shape index (κ1) is 15.0. The van der Waals surface area contributed by atoms with Gasteiger partial charge in [-0.05, 0) is 26.2 Å². The van der Waals surface area contributed by atoms with E-state index in [1.165, 1.54) is 0 Å². The number of esters is 1. The largest absolute Gasteiger partial charge is 0.455 e. The van der Waals surface area contributed by atoms with Crippen molar-refractivity contribution in [3.05, 3.63) is 12.2 Å². The fraction of sp³-hybridized carbons (Fsp3) is 0.700. The third kappa shape index (κ3) is 3.26. The van der Waals surface area contributed by atoms with Crippen LogP contribution >= 0.6 is 0 Å². The van der Waals surface area contributed by atoms with Crippen LogP contribution in [0.2, 0.25) is 0 Å². The van der Waals surface area contributed by atoms with Crippen LogP contribution in [0.15, 0.2) is 12.2 Å². The van der Waals surface area contributed by atoms with Crippen molar-refractivity contribution < 1.29 is 31.3 Å². The van der Waals surface area contributed by atoms with Gasteiger partial charge < -0.3 is 4.74 Å². The zero-order valence-corrected chi connectivity index (χ0v) is 10.5. The lowest BCUT2D eigenvalue weighted by Crippen LogP contribution is -2.42. The molecular formula is C10H14F2O5S. The summed E-state index contributed by atoms with van der Waals surface area (Å²) in [6.45, 7) is 0.727. The van der Waals surface area contributed by atoms with Gasteiger partial charge in [0.25, 0.3) is 0 Å². The summed E-state index contributed by atoms with van der Waals surface area (Å²) in [5.74, 6) is -1.43. The third-order valence-electron chi connectivity index (χ3n) is 2.71. The van der Waals surface area contributed by atoms with Crippen molar-refractivity contribution in [3.8, 4) is 0 Å². The zero-order valence-electron chi connectivity index (χ0n) is 9.68. The average Bonchev–Trinajstić information content (AvgIpc) is 2.28. The molecule has 1 aliphatic carbocycles. The molecule has 1 rings (SSSR count). The SMILES string of the molecule is CC(OC(=O)C1CC=CCC1)C(F)(F)S(=O)(=O)O. The quantitative estimate of drug-likeness (QED) is 0.483. The molecule has 5 nitrogen and oxygen atoms in total. The van der Waals surface area contributed by atoms with Crippen LogP contribution in [0.3, 0.4) is 0 Å². The fourth-order valence-corrected chi connectivity index (χ4v) is 2.02. The topological polar surface area (TPSA) is 80.7 Å². The maximum atomic E-state index is 13.1. The van der Waals surface area contributed by atoms with E-state index in [9.17, 15) is 22.0 Å². The lowest BCUT2D eigenvalue weighted by Gasteiger charge is -2.23. The van der Waals surface area contributed by atoms with E-state index in [4.69, 9.17) is 4.55 Å². The van der Waals surface area contributed by atoms with Gasteiger partial charge in [0.2, 0.25) is 0 Å². The highest BCUT2D eigenvalue weighted by atomic mass is 32.2. The Kier molecular flexibility index (Phi) is 4.44. The highest BCUT2D eigenvalue weighted by Crippen LogP contribution is 2.29. The summed E-state index contributed by atoms with van der Waals surface area (Å²) in [5.41, 5.74) is 0. The average molecular weight is 284 g/mol. The van der Waals surface area contributed by atoms with Crippen LogP contribution in [-0.4, -0.2) is 30.3 Å². The van der Waals surface area contributed by atoms with Gasteiger partial charge >= 0.3 is 21.3 Å². The molecule has 0 aromatic carbocycles. The van der Waals surface area contributed by atoms with Crippen molar-refractivity contribution in [2.45, 2.75) is 37.5 Å². The van der Waals surface area contributed by atoms with Crippen molar-refractivity contribution in [1.82, 2.24) is 0 Å². The number of rotatable bonds is 4. The van der Waals surface area contributed by atoms with Gasteiger partial charge in [0, 0.05) is 0 Å². The lowest BCUT2D eigenvalue weighted by atomic mass is 9.95. The molecule has 0 fully saturated rings. The molecule has 0 spiro atoms. The fourth-order valence-electron chi connectivity index (χ4n) is 1.56. The Morgan fingerprint density at radius 3 is 2.56 bits per heavy atom. The number of hydrogen-bond acceptors (Lipinski definition) is 4. The standard InChI is InChI=1S/C10H14F2O5S/c1-7(10(11,12)18(14,15)16)17-9(13)8-5-3-2-4-6-8/h2-3,7-8H,4-6H2,1H3,(H,14,15,16). The molecule has 2 unspecified atom stereocenters. The van der Waals surface area contributed by atoms with Crippen LogP contribution in [0.25, 0.3) is 0 Å². The van der Waals surface area contributed by atoms with Gasteiger partial charge in [-0.1, -0.05) is 12.2 Å². The van der Waals surface area contributed by atoms with Crippen LogP contribution in [-0.2, 0) is 19.6 Å². The first-order valence-corrected chi connectivity index (χ1v) is 6.80. The molecule has 0 aliphatic heterocycles. The number of hydrogen-bond donors (Lipinski definition) is 1. The van der Waals surface area contributed by atoms with Crippen LogP contribution in [0, 0.1) is 5.92 Å². The first-order valence-electron chi connectivity index (χ1n) is 5.36. The van der Waals surface area contributed by atoms with Gasteiger partial charge in [0.1, 0.15) is 0 Å². The smallest absolute Gasteiger partial charge is 0.405 e. The first-order chi connectivity index (χ1) is 8.16. The second-order valence-corrected chi connectivity index (χ2v) is 5.59. The molecule has 1 aliphatic rings. The summed E-state index contributed by atoms with van der Waals surface area (Å²) in [4.78, 5) is 11.5. The minimum absolute atomic E-state index is 0.378. The Balaban J connectivity index is 2.67. The molecule has 0 bridgehead atoms. The highest BCUT2D eigenvalue weighted by molar-refractivity contribution is 7.86. The van der Waals surface area contributed by atoms with E-state index < -0.39 is 33.4 Å². The van der Waals surface area contributed by atoms with Crippen LogP contribution in [0.5, 0.6) is 0 Å². The van der Waals surface area contributed by atoms with E-state index in [0.29, 0.717) is 19.3 Å². The Labute approximate surface area is 104 Å².